The van der Waals surface area contributed by atoms with Gasteiger partial charge in [0, 0.05) is 0 Å². The maximum absolute atomic E-state index is 11.8. The molecule has 0 fully saturated rings. The molecule has 0 heterocycles. The average molecular weight is 467 g/mol. The van der Waals surface area contributed by atoms with Crippen molar-refractivity contribution in [3.05, 3.63) is 106 Å². The Kier molecular flexibility index (Phi) is 8.17. The Labute approximate surface area is 211 Å². The summed E-state index contributed by atoms with van der Waals surface area (Å²) in [6.45, 7) is 15.8. The molecule has 3 aromatic rings. The van der Waals surface area contributed by atoms with Crippen LogP contribution in [-0.2, 0) is 15.6 Å². The summed E-state index contributed by atoms with van der Waals surface area (Å²) in [7, 11) is 0. The molecule has 3 aromatic carbocycles. The minimum Gasteiger partial charge on any atom is -0.462 e. The monoisotopic (exact) mass is 466 g/mol. The van der Waals surface area contributed by atoms with Gasteiger partial charge in [0.2, 0.25) is 0 Å². The van der Waals surface area contributed by atoms with Crippen LogP contribution in [-0.4, -0.2) is 12.6 Å². The third-order valence-corrected chi connectivity index (χ3v) is 5.98. The molecule has 0 aliphatic heterocycles. The highest BCUT2D eigenvalue weighted by Gasteiger charge is 2.20. The van der Waals surface area contributed by atoms with E-state index in [-0.39, 0.29) is 16.8 Å². The van der Waals surface area contributed by atoms with E-state index in [1.807, 2.05) is 25.1 Å². The van der Waals surface area contributed by atoms with Crippen LogP contribution in [0, 0.1) is 0 Å². The van der Waals surface area contributed by atoms with E-state index < -0.39 is 0 Å². The highest BCUT2D eigenvalue weighted by molar-refractivity contribution is 5.89. The molecule has 2 heteroatoms. The van der Waals surface area contributed by atoms with Crippen LogP contribution < -0.4 is 0 Å². The minimum absolute atomic E-state index is 0.108. The zero-order valence-corrected chi connectivity index (χ0v) is 22.2. The fraction of sp³-hybridized carbons (Fsp3) is 0.303. The van der Waals surface area contributed by atoms with Crippen molar-refractivity contribution >= 4 is 30.3 Å². The number of ether oxygens (including phenoxy) is 1. The van der Waals surface area contributed by atoms with E-state index in [0.29, 0.717) is 12.2 Å². The SMILES string of the molecule is CCOC(=O)c1ccc(/C=C/c2ccc(/C=C/c3cc(C(C)(C)C)cc(C(C)(C)C)c3)cc2)cc1. The zero-order valence-electron chi connectivity index (χ0n) is 22.2. The van der Waals surface area contributed by atoms with Gasteiger partial charge in [-0.25, -0.2) is 4.79 Å². The lowest BCUT2D eigenvalue weighted by molar-refractivity contribution is 0.0526. The molecule has 0 aromatic heterocycles. The van der Waals surface area contributed by atoms with Crippen molar-refractivity contribution < 1.29 is 9.53 Å². The van der Waals surface area contributed by atoms with Crippen molar-refractivity contribution in [1.82, 2.24) is 0 Å². The van der Waals surface area contributed by atoms with Crippen molar-refractivity contribution in [2.75, 3.05) is 6.61 Å². The third kappa shape index (κ3) is 7.55. The first-order valence-electron chi connectivity index (χ1n) is 12.4. The third-order valence-electron chi connectivity index (χ3n) is 5.98. The van der Waals surface area contributed by atoms with Gasteiger partial charge in [-0.3, -0.25) is 0 Å². The van der Waals surface area contributed by atoms with Crippen molar-refractivity contribution in [2.45, 2.75) is 59.3 Å². The molecule has 0 aliphatic rings. The lowest BCUT2D eigenvalue weighted by atomic mass is 9.79. The van der Waals surface area contributed by atoms with E-state index in [0.717, 1.165) is 11.1 Å². The molecule has 0 radical (unpaired) electrons. The highest BCUT2D eigenvalue weighted by Crippen LogP contribution is 2.31. The van der Waals surface area contributed by atoms with Crippen molar-refractivity contribution in [2.24, 2.45) is 0 Å². The lowest BCUT2D eigenvalue weighted by Crippen LogP contribution is -2.16. The van der Waals surface area contributed by atoms with Gasteiger partial charge in [-0.1, -0.05) is 120 Å². The van der Waals surface area contributed by atoms with Crippen LogP contribution in [0.5, 0.6) is 0 Å². The minimum atomic E-state index is -0.286. The summed E-state index contributed by atoms with van der Waals surface area (Å²) in [6, 6.07) is 22.9. The predicted octanol–water partition coefficient (Wildman–Crippen LogP) is 8.80. The number of carbonyl (C=O) groups excluding carboxylic acids is 1. The summed E-state index contributed by atoms with van der Waals surface area (Å²) in [5.74, 6) is -0.286. The number of benzene rings is 3. The van der Waals surface area contributed by atoms with E-state index >= 15 is 0 Å². The molecular weight excluding hydrogens is 428 g/mol. The van der Waals surface area contributed by atoms with Crippen molar-refractivity contribution in [3.8, 4) is 0 Å². The molecule has 0 amide bonds. The Morgan fingerprint density at radius 1 is 0.629 bits per heavy atom. The normalized spacial score (nSPS) is 12.4. The highest BCUT2D eigenvalue weighted by atomic mass is 16.5. The summed E-state index contributed by atoms with van der Waals surface area (Å²) in [6.07, 6.45) is 8.51. The largest absolute Gasteiger partial charge is 0.462 e. The smallest absolute Gasteiger partial charge is 0.338 e. The molecule has 3 rings (SSSR count). The Morgan fingerprint density at radius 2 is 1.00 bits per heavy atom. The zero-order chi connectivity index (χ0) is 25.6. The summed E-state index contributed by atoms with van der Waals surface area (Å²) in [4.78, 5) is 11.8. The molecular formula is C33H38O2. The number of rotatable bonds is 6. The average Bonchev–Trinajstić information content (AvgIpc) is 2.81. The van der Waals surface area contributed by atoms with E-state index in [1.54, 1.807) is 12.1 Å². The Bertz CT molecular complexity index is 1160. The molecule has 0 N–H and O–H groups in total. The van der Waals surface area contributed by atoms with Gasteiger partial charge in [0.05, 0.1) is 12.2 Å². The molecule has 0 spiro atoms. The molecule has 0 bridgehead atoms. The van der Waals surface area contributed by atoms with Crippen LogP contribution >= 0.6 is 0 Å². The fourth-order valence-corrected chi connectivity index (χ4v) is 3.66. The van der Waals surface area contributed by atoms with Crippen molar-refractivity contribution in [3.63, 3.8) is 0 Å². The van der Waals surface area contributed by atoms with Crippen LogP contribution in [0.1, 0.15) is 92.2 Å². The van der Waals surface area contributed by atoms with Gasteiger partial charge < -0.3 is 4.74 Å². The molecule has 182 valence electrons. The van der Waals surface area contributed by atoms with Gasteiger partial charge in [0.25, 0.3) is 0 Å². The van der Waals surface area contributed by atoms with Gasteiger partial charge in [-0.05, 0) is 63.3 Å². The second-order valence-corrected chi connectivity index (χ2v) is 11.0. The van der Waals surface area contributed by atoms with Gasteiger partial charge >= 0.3 is 5.97 Å². The molecule has 0 atom stereocenters. The van der Waals surface area contributed by atoms with Gasteiger partial charge in [0.15, 0.2) is 0 Å². The molecule has 0 saturated carbocycles. The van der Waals surface area contributed by atoms with Crippen LogP contribution in [0.2, 0.25) is 0 Å². The molecule has 2 nitrogen and oxygen atoms in total. The number of esters is 1. The predicted molar refractivity (Wildman–Crippen MR) is 151 cm³/mol. The van der Waals surface area contributed by atoms with Gasteiger partial charge in [-0.2, -0.15) is 0 Å². The Balaban J connectivity index is 1.73. The summed E-state index contributed by atoms with van der Waals surface area (Å²) in [5, 5.41) is 0. The van der Waals surface area contributed by atoms with E-state index in [1.165, 1.54) is 22.3 Å². The molecule has 35 heavy (non-hydrogen) atoms. The molecule has 0 saturated heterocycles. The Morgan fingerprint density at radius 3 is 1.37 bits per heavy atom. The van der Waals surface area contributed by atoms with Crippen LogP contribution in [0.25, 0.3) is 24.3 Å². The van der Waals surface area contributed by atoms with Gasteiger partial charge in [-0.15, -0.1) is 0 Å². The van der Waals surface area contributed by atoms with E-state index in [9.17, 15) is 4.79 Å². The second-order valence-electron chi connectivity index (χ2n) is 11.0. The summed E-state index contributed by atoms with van der Waals surface area (Å²) < 4.78 is 5.03. The Hall–Kier alpha value is -3.39. The lowest BCUT2D eigenvalue weighted by Gasteiger charge is -2.25. The van der Waals surface area contributed by atoms with Crippen LogP contribution in [0.3, 0.4) is 0 Å². The van der Waals surface area contributed by atoms with Crippen molar-refractivity contribution in [1.29, 1.82) is 0 Å². The topological polar surface area (TPSA) is 26.3 Å². The maximum Gasteiger partial charge on any atom is 0.338 e. The quantitative estimate of drug-likeness (QED) is 0.268. The van der Waals surface area contributed by atoms with Crippen LogP contribution in [0.4, 0.5) is 0 Å². The number of carbonyl (C=O) groups is 1. The molecule has 0 unspecified atom stereocenters. The second kappa shape index (κ2) is 10.9. The first-order valence-corrected chi connectivity index (χ1v) is 12.4. The van der Waals surface area contributed by atoms with E-state index in [4.69, 9.17) is 4.74 Å². The molecule has 0 aliphatic carbocycles. The first-order chi connectivity index (χ1) is 16.5. The van der Waals surface area contributed by atoms with Crippen LogP contribution in [0.15, 0.2) is 66.7 Å². The summed E-state index contributed by atoms with van der Waals surface area (Å²) in [5.41, 5.74) is 8.07. The maximum atomic E-state index is 11.8. The number of hydrogen-bond acceptors (Lipinski definition) is 2. The number of hydrogen-bond donors (Lipinski definition) is 0. The van der Waals surface area contributed by atoms with E-state index in [2.05, 4.69) is 102 Å². The summed E-state index contributed by atoms with van der Waals surface area (Å²) >= 11 is 0. The fourth-order valence-electron chi connectivity index (χ4n) is 3.66. The standard InChI is InChI=1S/C33H38O2/c1-8-35-31(34)28-19-17-26(18-20-28)14-13-24-9-11-25(12-10-24)15-16-27-21-29(32(2,3)4)23-30(22-27)33(5,6)7/h9-23H,8H2,1-7H3/b14-13+,16-15+. The first kappa shape index (κ1) is 26.2. The van der Waals surface area contributed by atoms with Gasteiger partial charge in [0.1, 0.15) is 0 Å².